The van der Waals surface area contributed by atoms with E-state index in [0.717, 1.165) is 31.5 Å². The molecule has 5 nitrogen and oxygen atoms in total. The lowest BCUT2D eigenvalue weighted by Crippen LogP contribution is -2.55. The fourth-order valence-corrected chi connectivity index (χ4v) is 3.43. The normalized spacial score (nSPS) is 22.4. The van der Waals surface area contributed by atoms with Crippen LogP contribution < -0.4 is 5.32 Å². The van der Waals surface area contributed by atoms with Gasteiger partial charge in [-0.3, -0.25) is 14.5 Å². The molecule has 2 N–H and O–H groups in total. The second kappa shape index (κ2) is 7.88. The molecule has 1 amide bonds. The molecular weight excluding hydrogens is 361 g/mol. The molecule has 0 saturated heterocycles. The number of rotatable bonds is 8. The van der Waals surface area contributed by atoms with Crippen molar-refractivity contribution in [2.75, 3.05) is 13.1 Å². The molecule has 0 aliphatic heterocycles. The Labute approximate surface area is 155 Å². The summed E-state index contributed by atoms with van der Waals surface area (Å²) < 4.78 is 37.7. The SMILES string of the molecule is O=C(O)CN(CC1CC1)C1CC(NC(=O)Cc2ccc(C(F)(F)F)cc2)C1. The van der Waals surface area contributed by atoms with E-state index in [9.17, 15) is 22.8 Å². The molecule has 8 heteroatoms. The van der Waals surface area contributed by atoms with Gasteiger partial charge in [-0.2, -0.15) is 13.2 Å². The lowest BCUT2D eigenvalue weighted by Gasteiger charge is -2.42. The summed E-state index contributed by atoms with van der Waals surface area (Å²) in [6, 6.07) is 4.74. The maximum Gasteiger partial charge on any atom is 0.416 e. The third-order valence-corrected chi connectivity index (χ3v) is 5.17. The minimum Gasteiger partial charge on any atom is -0.480 e. The molecule has 2 saturated carbocycles. The smallest absolute Gasteiger partial charge is 0.416 e. The van der Waals surface area contributed by atoms with Crippen LogP contribution in [-0.4, -0.2) is 47.1 Å². The molecule has 0 spiro atoms. The number of nitrogens with one attached hydrogen (secondary N) is 1. The summed E-state index contributed by atoms with van der Waals surface area (Å²) in [4.78, 5) is 25.1. The highest BCUT2D eigenvalue weighted by molar-refractivity contribution is 5.79. The van der Waals surface area contributed by atoms with Crippen LogP contribution in [0.5, 0.6) is 0 Å². The number of alkyl halides is 3. The number of carboxylic acid groups (broad SMARTS) is 1. The van der Waals surface area contributed by atoms with Crippen molar-refractivity contribution in [2.45, 2.75) is 50.4 Å². The summed E-state index contributed by atoms with van der Waals surface area (Å²) >= 11 is 0. The minimum atomic E-state index is -4.38. The average Bonchev–Trinajstić information content (AvgIpc) is 3.33. The number of benzene rings is 1. The van der Waals surface area contributed by atoms with E-state index in [4.69, 9.17) is 5.11 Å². The van der Waals surface area contributed by atoms with Crippen LogP contribution in [0.15, 0.2) is 24.3 Å². The predicted molar refractivity (Wildman–Crippen MR) is 92.0 cm³/mol. The topological polar surface area (TPSA) is 69.6 Å². The Morgan fingerprint density at radius 2 is 1.78 bits per heavy atom. The van der Waals surface area contributed by atoms with Crippen molar-refractivity contribution in [2.24, 2.45) is 5.92 Å². The first-order chi connectivity index (χ1) is 12.7. The predicted octanol–water partition coefficient (Wildman–Crippen LogP) is 2.69. The van der Waals surface area contributed by atoms with Gasteiger partial charge < -0.3 is 10.4 Å². The Morgan fingerprint density at radius 1 is 1.15 bits per heavy atom. The fourth-order valence-electron chi connectivity index (χ4n) is 3.43. The molecule has 27 heavy (non-hydrogen) atoms. The fraction of sp³-hybridized carbons (Fsp3) is 0.579. The maximum atomic E-state index is 12.6. The molecular formula is C19H23F3N2O3. The summed E-state index contributed by atoms with van der Waals surface area (Å²) in [5.74, 6) is -0.478. The van der Waals surface area contributed by atoms with Gasteiger partial charge in [-0.25, -0.2) is 0 Å². The van der Waals surface area contributed by atoms with Gasteiger partial charge in [-0.15, -0.1) is 0 Å². The number of carbonyl (C=O) groups excluding carboxylic acids is 1. The van der Waals surface area contributed by atoms with Crippen LogP contribution in [-0.2, 0) is 22.2 Å². The van der Waals surface area contributed by atoms with Gasteiger partial charge in [0.25, 0.3) is 0 Å². The van der Waals surface area contributed by atoms with Gasteiger partial charge in [0.2, 0.25) is 5.91 Å². The van der Waals surface area contributed by atoms with Crippen molar-refractivity contribution in [1.82, 2.24) is 10.2 Å². The van der Waals surface area contributed by atoms with Gasteiger partial charge in [0, 0.05) is 18.6 Å². The number of hydrogen-bond donors (Lipinski definition) is 2. The van der Waals surface area contributed by atoms with Crippen LogP contribution in [0, 0.1) is 5.92 Å². The number of halogens is 3. The van der Waals surface area contributed by atoms with Crippen LogP contribution in [0.25, 0.3) is 0 Å². The van der Waals surface area contributed by atoms with Gasteiger partial charge in [0.05, 0.1) is 18.5 Å². The van der Waals surface area contributed by atoms with Crippen molar-refractivity contribution >= 4 is 11.9 Å². The minimum absolute atomic E-state index is 0.00699. The molecule has 0 bridgehead atoms. The highest BCUT2D eigenvalue weighted by Crippen LogP contribution is 2.34. The molecule has 2 aliphatic carbocycles. The summed E-state index contributed by atoms with van der Waals surface area (Å²) in [5.41, 5.74) is -0.208. The zero-order valence-electron chi connectivity index (χ0n) is 14.8. The molecule has 1 aromatic carbocycles. The highest BCUT2D eigenvalue weighted by Gasteiger charge is 2.37. The third kappa shape index (κ3) is 5.69. The first-order valence-electron chi connectivity index (χ1n) is 9.12. The molecule has 2 aliphatic rings. The number of amides is 1. The van der Waals surface area contributed by atoms with Gasteiger partial charge in [0.1, 0.15) is 0 Å². The van der Waals surface area contributed by atoms with Crippen LogP contribution in [0.1, 0.15) is 36.8 Å². The molecule has 0 heterocycles. The molecule has 3 rings (SSSR count). The van der Waals surface area contributed by atoms with Crippen molar-refractivity contribution in [3.63, 3.8) is 0 Å². The van der Waals surface area contributed by atoms with E-state index in [2.05, 4.69) is 5.32 Å². The lowest BCUT2D eigenvalue weighted by molar-refractivity contribution is -0.140. The van der Waals surface area contributed by atoms with Crippen molar-refractivity contribution in [1.29, 1.82) is 0 Å². The first kappa shape index (κ1) is 19.7. The number of carboxylic acids is 1. The monoisotopic (exact) mass is 384 g/mol. The molecule has 0 radical (unpaired) electrons. The van der Waals surface area contributed by atoms with E-state index < -0.39 is 17.7 Å². The van der Waals surface area contributed by atoms with Crippen LogP contribution in [0.4, 0.5) is 13.2 Å². The van der Waals surface area contributed by atoms with Crippen LogP contribution in [0.3, 0.4) is 0 Å². The molecule has 148 valence electrons. The molecule has 1 aromatic rings. The van der Waals surface area contributed by atoms with Crippen molar-refractivity contribution in [3.05, 3.63) is 35.4 Å². The van der Waals surface area contributed by atoms with E-state index in [-0.39, 0.29) is 31.0 Å². The van der Waals surface area contributed by atoms with E-state index >= 15 is 0 Å². The summed E-state index contributed by atoms with van der Waals surface area (Å²) in [6.45, 7) is 0.816. The average molecular weight is 384 g/mol. The van der Waals surface area contributed by atoms with Gasteiger partial charge in [-0.05, 0) is 49.3 Å². The Balaban J connectivity index is 1.43. The second-order valence-electron chi connectivity index (χ2n) is 7.53. The molecule has 0 unspecified atom stereocenters. The third-order valence-electron chi connectivity index (χ3n) is 5.17. The van der Waals surface area contributed by atoms with Crippen LogP contribution >= 0.6 is 0 Å². The Morgan fingerprint density at radius 3 is 2.30 bits per heavy atom. The Bertz CT molecular complexity index is 680. The zero-order valence-corrected chi connectivity index (χ0v) is 14.8. The molecule has 0 atom stereocenters. The van der Waals surface area contributed by atoms with Crippen molar-refractivity contribution in [3.8, 4) is 0 Å². The van der Waals surface area contributed by atoms with Gasteiger partial charge >= 0.3 is 12.1 Å². The van der Waals surface area contributed by atoms with Crippen molar-refractivity contribution < 1.29 is 27.9 Å². The van der Waals surface area contributed by atoms with E-state index in [1.807, 2.05) is 4.90 Å². The van der Waals surface area contributed by atoms with Gasteiger partial charge in [-0.1, -0.05) is 12.1 Å². The Kier molecular flexibility index (Phi) is 5.74. The molecule has 0 aromatic heterocycles. The number of hydrogen-bond acceptors (Lipinski definition) is 3. The number of aliphatic carboxylic acids is 1. The highest BCUT2D eigenvalue weighted by atomic mass is 19.4. The van der Waals surface area contributed by atoms with Gasteiger partial charge in [0.15, 0.2) is 0 Å². The van der Waals surface area contributed by atoms with E-state index in [1.54, 1.807) is 0 Å². The zero-order chi connectivity index (χ0) is 19.6. The summed E-state index contributed by atoms with van der Waals surface area (Å²) in [6.07, 6.45) is -0.645. The standard InChI is InChI=1S/C19H23F3N2O3/c20-19(21,22)14-5-3-12(4-6-14)7-17(25)23-15-8-16(9-15)24(11-18(26)27)10-13-1-2-13/h3-6,13,15-16H,1-2,7-11H2,(H,23,25)(H,26,27). The maximum absolute atomic E-state index is 12.6. The first-order valence-corrected chi connectivity index (χ1v) is 9.12. The Hall–Kier alpha value is -2.09. The number of nitrogens with zero attached hydrogens (tertiary/aromatic N) is 1. The van der Waals surface area contributed by atoms with E-state index in [1.165, 1.54) is 12.1 Å². The molecule has 2 fully saturated rings. The summed E-state index contributed by atoms with van der Waals surface area (Å²) in [5, 5.41) is 11.9. The quantitative estimate of drug-likeness (QED) is 0.723. The van der Waals surface area contributed by atoms with E-state index in [0.29, 0.717) is 24.3 Å². The second-order valence-corrected chi connectivity index (χ2v) is 7.53. The van der Waals surface area contributed by atoms with Crippen LogP contribution in [0.2, 0.25) is 0 Å². The lowest BCUT2D eigenvalue weighted by atomic mass is 9.85. The largest absolute Gasteiger partial charge is 0.480 e. The number of carbonyl (C=O) groups is 2. The summed E-state index contributed by atoms with van der Waals surface area (Å²) in [7, 11) is 0.